The van der Waals surface area contributed by atoms with Crippen molar-refractivity contribution >= 4 is 61.9 Å². The molecule has 1 aliphatic rings. The van der Waals surface area contributed by atoms with Gasteiger partial charge < -0.3 is 0 Å². The normalized spacial score (nSPS) is 13.1. The molecular weight excluding hydrogens is 480 g/mol. The maximum Gasteiger partial charge on any atom is 0.288 e. The van der Waals surface area contributed by atoms with Gasteiger partial charge in [-0.05, 0) is 48.5 Å². The van der Waals surface area contributed by atoms with Gasteiger partial charge in [0, 0.05) is 4.90 Å². The first-order valence-corrected chi connectivity index (χ1v) is 11.8. The summed E-state index contributed by atoms with van der Waals surface area (Å²) in [6.45, 7) is -0.490. The molecule has 1 aromatic heterocycles. The standard InChI is InChI=1S/C24H15F2N3O3S2/c25-23(26)33-15-11-9-14(10-12-15)29(24-27-18-7-3-4-8-19(18)34-24)20(30)13-28-21(31)16-5-1-2-6-17(16)22(28)32/h1-12,23H,13H2. The Labute approximate surface area is 200 Å². The van der Waals surface area contributed by atoms with Gasteiger partial charge in [-0.15, -0.1) is 0 Å². The monoisotopic (exact) mass is 495 g/mol. The molecule has 0 saturated heterocycles. The molecule has 0 saturated carbocycles. The lowest BCUT2D eigenvalue weighted by Gasteiger charge is -2.23. The molecule has 5 rings (SSSR count). The van der Waals surface area contributed by atoms with Crippen molar-refractivity contribution < 1.29 is 23.2 Å². The Morgan fingerprint density at radius 3 is 2.18 bits per heavy atom. The molecule has 170 valence electrons. The van der Waals surface area contributed by atoms with Gasteiger partial charge in [-0.2, -0.15) is 8.78 Å². The molecule has 4 aromatic rings. The molecule has 1 aliphatic heterocycles. The fraction of sp³-hybridized carbons (Fsp3) is 0.0833. The van der Waals surface area contributed by atoms with E-state index in [0.29, 0.717) is 33.0 Å². The number of rotatable bonds is 6. The molecular formula is C24H15F2N3O3S2. The van der Waals surface area contributed by atoms with Crippen LogP contribution in [0.2, 0.25) is 0 Å². The molecule has 3 aromatic carbocycles. The molecule has 0 unspecified atom stereocenters. The average Bonchev–Trinajstić information content (AvgIpc) is 3.35. The van der Waals surface area contributed by atoms with E-state index in [1.54, 1.807) is 24.3 Å². The molecule has 6 nitrogen and oxygen atoms in total. The van der Waals surface area contributed by atoms with Gasteiger partial charge in [0.05, 0.1) is 27.0 Å². The second-order valence-corrected chi connectivity index (χ2v) is 9.38. The first kappa shape index (κ1) is 22.2. The lowest BCUT2D eigenvalue weighted by Crippen LogP contribution is -2.41. The minimum Gasteiger partial charge on any atom is -0.272 e. The average molecular weight is 496 g/mol. The van der Waals surface area contributed by atoms with E-state index in [1.807, 2.05) is 24.3 Å². The topological polar surface area (TPSA) is 70.6 Å². The van der Waals surface area contributed by atoms with Crippen molar-refractivity contribution in [3.8, 4) is 0 Å². The Morgan fingerprint density at radius 2 is 1.56 bits per heavy atom. The summed E-state index contributed by atoms with van der Waals surface area (Å²) in [5, 5.41) is 0.345. The van der Waals surface area contributed by atoms with Gasteiger partial charge in [-0.25, -0.2) is 4.98 Å². The number of aromatic nitrogens is 1. The predicted molar refractivity (Wildman–Crippen MR) is 127 cm³/mol. The summed E-state index contributed by atoms with van der Waals surface area (Å²) in [4.78, 5) is 46.2. The van der Waals surface area contributed by atoms with Gasteiger partial charge >= 0.3 is 0 Å². The largest absolute Gasteiger partial charge is 0.288 e. The summed E-state index contributed by atoms with van der Waals surface area (Å²) in [7, 11) is 0. The van der Waals surface area contributed by atoms with Gasteiger partial charge in [0.1, 0.15) is 6.54 Å². The van der Waals surface area contributed by atoms with E-state index in [4.69, 9.17) is 0 Å². The molecule has 0 spiro atoms. The number of thioether (sulfide) groups is 1. The van der Waals surface area contributed by atoms with Crippen LogP contribution in [0.25, 0.3) is 10.2 Å². The third-order valence-corrected chi connectivity index (χ3v) is 6.96. The van der Waals surface area contributed by atoms with Crippen LogP contribution in [0.3, 0.4) is 0 Å². The van der Waals surface area contributed by atoms with Crippen LogP contribution in [0.15, 0.2) is 77.7 Å². The molecule has 2 heterocycles. The van der Waals surface area contributed by atoms with Gasteiger partial charge in [-0.1, -0.05) is 47.4 Å². The first-order chi connectivity index (χ1) is 16.4. The molecule has 0 aliphatic carbocycles. The third kappa shape index (κ3) is 4.06. The van der Waals surface area contributed by atoms with Gasteiger partial charge in [-0.3, -0.25) is 24.2 Å². The SMILES string of the molecule is O=C1c2ccccc2C(=O)N1CC(=O)N(c1ccc(SC(F)F)cc1)c1nc2ccccc2s1. The molecule has 3 amide bonds. The van der Waals surface area contributed by atoms with Crippen molar-refractivity contribution in [3.63, 3.8) is 0 Å². The van der Waals surface area contributed by atoms with Crippen LogP contribution >= 0.6 is 23.1 Å². The summed E-state index contributed by atoms with van der Waals surface area (Å²) in [5.74, 6) is -4.20. The summed E-state index contributed by atoms with van der Waals surface area (Å²) in [5.41, 5.74) is 1.57. The number of hydrogen-bond donors (Lipinski definition) is 0. The summed E-state index contributed by atoms with van der Waals surface area (Å²) in [6.07, 6.45) is 0. The van der Waals surface area contributed by atoms with E-state index < -0.39 is 30.0 Å². The van der Waals surface area contributed by atoms with Crippen LogP contribution < -0.4 is 4.90 Å². The van der Waals surface area contributed by atoms with Crippen molar-refractivity contribution in [1.29, 1.82) is 0 Å². The van der Waals surface area contributed by atoms with E-state index in [-0.39, 0.29) is 11.1 Å². The van der Waals surface area contributed by atoms with Crippen molar-refractivity contribution in [2.24, 2.45) is 0 Å². The van der Waals surface area contributed by atoms with Crippen LogP contribution in [0.4, 0.5) is 19.6 Å². The van der Waals surface area contributed by atoms with Gasteiger partial charge in [0.25, 0.3) is 23.5 Å². The second-order valence-electron chi connectivity index (χ2n) is 7.31. The lowest BCUT2D eigenvalue weighted by atomic mass is 10.1. The van der Waals surface area contributed by atoms with Crippen molar-refractivity contribution in [2.75, 3.05) is 11.4 Å². The lowest BCUT2D eigenvalue weighted by molar-refractivity contribution is -0.118. The number of imide groups is 1. The number of anilines is 2. The third-order valence-electron chi connectivity index (χ3n) is 5.21. The smallest absolute Gasteiger partial charge is 0.272 e. The minimum absolute atomic E-state index is 0.250. The number of alkyl halides is 2. The zero-order chi connectivity index (χ0) is 23.8. The van der Waals surface area contributed by atoms with Crippen molar-refractivity contribution in [3.05, 3.63) is 83.9 Å². The molecule has 0 fully saturated rings. The molecule has 0 atom stereocenters. The van der Waals surface area contributed by atoms with Gasteiger partial charge in [0.2, 0.25) is 0 Å². The highest BCUT2D eigenvalue weighted by atomic mass is 32.2. The Kier molecular flexibility index (Phi) is 5.84. The number of amides is 3. The number of fused-ring (bicyclic) bond motifs is 2. The quantitative estimate of drug-likeness (QED) is 0.258. The zero-order valence-electron chi connectivity index (χ0n) is 17.4. The van der Waals surface area contributed by atoms with E-state index in [9.17, 15) is 23.2 Å². The van der Waals surface area contributed by atoms with E-state index in [0.717, 1.165) is 9.60 Å². The van der Waals surface area contributed by atoms with E-state index in [2.05, 4.69) is 4.98 Å². The number of carbonyl (C=O) groups is 3. The number of halogens is 2. The Hall–Kier alpha value is -3.63. The fourth-order valence-electron chi connectivity index (χ4n) is 3.68. The van der Waals surface area contributed by atoms with Gasteiger partial charge in [0.15, 0.2) is 5.13 Å². The number of para-hydroxylation sites is 1. The van der Waals surface area contributed by atoms with Crippen LogP contribution in [-0.2, 0) is 4.79 Å². The molecule has 10 heteroatoms. The highest BCUT2D eigenvalue weighted by molar-refractivity contribution is 7.99. The summed E-state index contributed by atoms with van der Waals surface area (Å²) >= 11 is 1.67. The predicted octanol–water partition coefficient (Wildman–Crippen LogP) is 5.57. The Bertz CT molecular complexity index is 1350. The van der Waals surface area contributed by atoms with Crippen molar-refractivity contribution in [1.82, 2.24) is 9.88 Å². The molecule has 34 heavy (non-hydrogen) atoms. The summed E-state index contributed by atoms with van der Waals surface area (Å²) in [6, 6.07) is 19.8. The number of carbonyl (C=O) groups excluding carboxylic acids is 3. The number of benzene rings is 3. The summed E-state index contributed by atoms with van der Waals surface area (Å²) < 4.78 is 26.3. The maximum atomic E-state index is 13.5. The maximum absolute atomic E-state index is 13.5. The Balaban J connectivity index is 1.50. The van der Waals surface area contributed by atoms with Crippen LogP contribution in [-0.4, -0.2) is 39.9 Å². The minimum atomic E-state index is -2.57. The van der Waals surface area contributed by atoms with Crippen LogP contribution in [0.1, 0.15) is 20.7 Å². The zero-order valence-corrected chi connectivity index (χ0v) is 19.0. The van der Waals surface area contributed by atoms with E-state index >= 15 is 0 Å². The van der Waals surface area contributed by atoms with Crippen molar-refractivity contribution in [2.45, 2.75) is 10.7 Å². The second kappa shape index (κ2) is 8.96. The molecule has 0 bridgehead atoms. The number of nitrogens with zero attached hydrogens (tertiary/aromatic N) is 3. The fourth-order valence-corrected chi connectivity index (χ4v) is 5.19. The Morgan fingerprint density at radius 1 is 0.941 bits per heavy atom. The molecule has 0 N–H and O–H groups in total. The van der Waals surface area contributed by atoms with Crippen LogP contribution in [0.5, 0.6) is 0 Å². The van der Waals surface area contributed by atoms with E-state index in [1.165, 1.54) is 40.5 Å². The highest BCUT2D eigenvalue weighted by Crippen LogP contribution is 2.35. The highest BCUT2D eigenvalue weighted by Gasteiger charge is 2.37. The first-order valence-electron chi connectivity index (χ1n) is 10.1. The van der Waals surface area contributed by atoms with Crippen LogP contribution in [0, 0.1) is 0 Å². The molecule has 0 radical (unpaired) electrons. The number of thiazole rings is 1. The number of hydrogen-bond acceptors (Lipinski definition) is 6.